The first-order valence-electron chi connectivity index (χ1n) is 10.5. The Kier molecular flexibility index (Phi) is 4.49. The SMILES string of the molecule is O=C(NC1CC1)C1CCCN1C(=O)C1CC(=O)N(c2cccc3ccccc23)C1. The summed E-state index contributed by atoms with van der Waals surface area (Å²) in [5.41, 5.74) is 0.854. The topological polar surface area (TPSA) is 69.7 Å². The van der Waals surface area contributed by atoms with Crippen molar-refractivity contribution in [2.24, 2.45) is 5.92 Å². The molecule has 3 fully saturated rings. The van der Waals surface area contributed by atoms with Crippen molar-refractivity contribution in [2.75, 3.05) is 18.0 Å². The van der Waals surface area contributed by atoms with Crippen molar-refractivity contribution in [3.8, 4) is 0 Å². The summed E-state index contributed by atoms with van der Waals surface area (Å²) < 4.78 is 0. The lowest BCUT2D eigenvalue weighted by molar-refractivity contribution is -0.141. The monoisotopic (exact) mass is 391 g/mol. The lowest BCUT2D eigenvalue weighted by Crippen LogP contribution is -2.48. The van der Waals surface area contributed by atoms with E-state index in [-0.39, 0.29) is 36.2 Å². The molecule has 5 rings (SSSR count). The van der Waals surface area contributed by atoms with E-state index in [0.717, 1.165) is 35.7 Å². The van der Waals surface area contributed by atoms with Crippen LogP contribution in [0.5, 0.6) is 0 Å². The number of nitrogens with zero attached hydrogens (tertiary/aromatic N) is 2. The van der Waals surface area contributed by atoms with Gasteiger partial charge in [0.2, 0.25) is 17.7 Å². The molecule has 1 saturated carbocycles. The number of likely N-dealkylation sites (tertiary alicyclic amines) is 1. The lowest BCUT2D eigenvalue weighted by Gasteiger charge is -2.26. The molecule has 1 aliphatic carbocycles. The van der Waals surface area contributed by atoms with Crippen LogP contribution in [0.3, 0.4) is 0 Å². The zero-order valence-electron chi connectivity index (χ0n) is 16.3. The first kappa shape index (κ1) is 18.2. The maximum atomic E-state index is 13.2. The molecule has 1 N–H and O–H groups in total. The molecule has 150 valence electrons. The third-order valence-corrected chi connectivity index (χ3v) is 6.29. The van der Waals surface area contributed by atoms with Crippen molar-refractivity contribution in [3.05, 3.63) is 42.5 Å². The third-order valence-electron chi connectivity index (χ3n) is 6.29. The van der Waals surface area contributed by atoms with E-state index in [4.69, 9.17) is 0 Å². The van der Waals surface area contributed by atoms with Gasteiger partial charge < -0.3 is 15.1 Å². The predicted molar refractivity (Wildman–Crippen MR) is 110 cm³/mol. The van der Waals surface area contributed by atoms with Crippen molar-refractivity contribution in [3.63, 3.8) is 0 Å². The Morgan fingerprint density at radius 1 is 1.00 bits per heavy atom. The van der Waals surface area contributed by atoms with E-state index < -0.39 is 5.92 Å². The van der Waals surface area contributed by atoms with Gasteiger partial charge in [-0.2, -0.15) is 0 Å². The van der Waals surface area contributed by atoms with E-state index in [0.29, 0.717) is 19.5 Å². The van der Waals surface area contributed by atoms with Gasteiger partial charge in [0.1, 0.15) is 6.04 Å². The van der Waals surface area contributed by atoms with Crippen LogP contribution in [0.25, 0.3) is 10.8 Å². The van der Waals surface area contributed by atoms with Crippen LogP contribution in [0.1, 0.15) is 32.1 Å². The highest BCUT2D eigenvalue weighted by molar-refractivity contribution is 6.07. The second-order valence-electron chi connectivity index (χ2n) is 8.38. The zero-order chi connectivity index (χ0) is 20.0. The van der Waals surface area contributed by atoms with Crippen molar-refractivity contribution >= 4 is 34.2 Å². The second kappa shape index (κ2) is 7.17. The summed E-state index contributed by atoms with van der Waals surface area (Å²) in [6.45, 7) is 0.972. The van der Waals surface area contributed by atoms with Crippen LogP contribution in [0, 0.1) is 5.92 Å². The highest BCUT2D eigenvalue weighted by atomic mass is 16.2. The van der Waals surface area contributed by atoms with Gasteiger partial charge in [0.25, 0.3) is 0 Å². The number of hydrogen-bond acceptors (Lipinski definition) is 3. The smallest absolute Gasteiger partial charge is 0.243 e. The number of anilines is 1. The fraction of sp³-hybridized carbons (Fsp3) is 0.435. The highest BCUT2D eigenvalue weighted by Crippen LogP contribution is 2.33. The molecule has 6 heteroatoms. The maximum absolute atomic E-state index is 13.2. The summed E-state index contributed by atoms with van der Waals surface area (Å²) in [5.74, 6) is -0.517. The highest BCUT2D eigenvalue weighted by Gasteiger charge is 2.43. The molecule has 3 aliphatic rings. The van der Waals surface area contributed by atoms with E-state index in [1.165, 1.54) is 0 Å². The summed E-state index contributed by atoms with van der Waals surface area (Å²) in [6, 6.07) is 13.8. The molecule has 6 nitrogen and oxygen atoms in total. The number of benzene rings is 2. The minimum atomic E-state index is -0.393. The molecule has 2 saturated heterocycles. The Hall–Kier alpha value is -2.89. The molecule has 2 aliphatic heterocycles. The van der Waals surface area contributed by atoms with Crippen molar-refractivity contribution in [1.82, 2.24) is 10.2 Å². The van der Waals surface area contributed by atoms with Crippen LogP contribution in [0.2, 0.25) is 0 Å². The summed E-state index contributed by atoms with van der Waals surface area (Å²) in [4.78, 5) is 42.0. The quantitative estimate of drug-likeness (QED) is 0.870. The van der Waals surface area contributed by atoms with Gasteiger partial charge in [0, 0.05) is 30.9 Å². The molecule has 2 heterocycles. The molecule has 0 bridgehead atoms. The summed E-state index contributed by atoms with van der Waals surface area (Å²) in [6.07, 6.45) is 3.81. The van der Waals surface area contributed by atoms with Gasteiger partial charge >= 0.3 is 0 Å². The van der Waals surface area contributed by atoms with Gasteiger partial charge in [-0.25, -0.2) is 0 Å². The van der Waals surface area contributed by atoms with Gasteiger partial charge in [-0.1, -0.05) is 36.4 Å². The number of amides is 3. The van der Waals surface area contributed by atoms with E-state index >= 15 is 0 Å². The minimum Gasteiger partial charge on any atom is -0.352 e. The number of hydrogen-bond donors (Lipinski definition) is 1. The van der Waals surface area contributed by atoms with Crippen molar-refractivity contribution < 1.29 is 14.4 Å². The van der Waals surface area contributed by atoms with E-state index in [2.05, 4.69) is 5.32 Å². The number of carbonyl (C=O) groups excluding carboxylic acids is 3. The van der Waals surface area contributed by atoms with Crippen molar-refractivity contribution in [1.29, 1.82) is 0 Å². The molecule has 0 aromatic heterocycles. The number of carbonyl (C=O) groups is 3. The predicted octanol–water partition coefficient (Wildman–Crippen LogP) is 2.46. The zero-order valence-corrected chi connectivity index (χ0v) is 16.3. The van der Waals surface area contributed by atoms with Crippen LogP contribution in [-0.2, 0) is 14.4 Å². The molecular weight excluding hydrogens is 366 g/mol. The largest absolute Gasteiger partial charge is 0.352 e. The second-order valence-corrected chi connectivity index (χ2v) is 8.38. The van der Waals surface area contributed by atoms with Crippen LogP contribution < -0.4 is 10.2 Å². The van der Waals surface area contributed by atoms with Crippen LogP contribution in [0.15, 0.2) is 42.5 Å². The Bertz CT molecular complexity index is 979. The summed E-state index contributed by atoms with van der Waals surface area (Å²) >= 11 is 0. The molecular formula is C23H25N3O3. The minimum absolute atomic E-state index is 0.0297. The number of nitrogens with one attached hydrogen (secondary N) is 1. The normalized spacial score (nSPS) is 24.3. The van der Waals surface area contributed by atoms with E-state index in [1.54, 1.807) is 9.80 Å². The van der Waals surface area contributed by atoms with Gasteiger partial charge in [-0.3, -0.25) is 14.4 Å². The number of rotatable bonds is 4. The van der Waals surface area contributed by atoms with E-state index in [1.807, 2.05) is 42.5 Å². The third kappa shape index (κ3) is 3.37. The van der Waals surface area contributed by atoms with Crippen LogP contribution in [0.4, 0.5) is 5.69 Å². The molecule has 2 aromatic rings. The summed E-state index contributed by atoms with van der Waals surface area (Å²) in [7, 11) is 0. The average Bonchev–Trinajstić information content (AvgIpc) is 3.26. The van der Waals surface area contributed by atoms with Gasteiger partial charge in [-0.05, 0) is 37.1 Å². The first-order valence-corrected chi connectivity index (χ1v) is 10.5. The Balaban J connectivity index is 1.34. The number of fused-ring (bicyclic) bond motifs is 1. The molecule has 0 spiro atoms. The van der Waals surface area contributed by atoms with Crippen LogP contribution in [-0.4, -0.2) is 47.8 Å². The Morgan fingerprint density at radius 2 is 1.79 bits per heavy atom. The molecule has 2 unspecified atom stereocenters. The fourth-order valence-corrected chi connectivity index (χ4v) is 4.61. The van der Waals surface area contributed by atoms with Crippen LogP contribution >= 0.6 is 0 Å². The molecule has 2 atom stereocenters. The first-order chi connectivity index (χ1) is 14.1. The van der Waals surface area contributed by atoms with Gasteiger partial charge in [0.15, 0.2) is 0 Å². The van der Waals surface area contributed by atoms with Crippen molar-refractivity contribution in [2.45, 2.75) is 44.2 Å². The standard InChI is InChI=1S/C23H25N3O3/c27-21-13-16(14-26(21)19-8-3-6-15-5-1-2-7-18(15)19)23(29)25-12-4-9-20(25)22(28)24-17-10-11-17/h1-3,5-8,16-17,20H,4,9-14H2,(H,24,28). The Morgan fingerprint density at radius 3 is 2.62 bits per heavy atom. The average molecular weight is 391 g/mol. The molecule has 2 aromatic carbocycles. The molecule has 3 amide bonds. The Labute approximate surface area is 169 Å². The van der Waals surface area contributed by atoms with Gasteiger partial charge in [-0.15, -0.1) is 0 Å². The molecule has 0 radical (unpaired) electrons. The fourth-order valence-electron chi connectivity index (χ4n) is 4.61. The molecule has 29 heavy (non-hydrogen) atoms. The lowest BCUT2D eigenvalue weighted by atomic mass is 10.1. The van der Waals surface area contributed by atoms with Gasteiger partial charge in [0.05, 0.1) is 11.6 Å². The maximum Gasteiger partial charge on any atom is 0.243 e. The summed E-state index contributed by atoms with van der Waals surface area (Å²) in [5, 5.41) is 5.11. The van der Waals surface area contributed by atoms with E-state index in [9.17, 15) is 14.4 Å².